The summed E-state index contributed by atoms with van der Waals surface area (Å²) in [6, 6.07) is 45.7. The molecule has 6 rings (SSSR count). The lowest BCUT2D eigenvalue weighted by Crippen LogP contribution is -2.75. The van der Waals surface area contributed by atoms with Gasteiger partial charge in [-0.25, -0.2) is 0 Å². The zero-order valence-electron chi connectivity index (χ0n) is 21.9. The first-order valence-electron chi connectivity index (χ1n) is 12.9. The molecule has 37 heavy (non-hydrogen) atoms. The standard InChI is InChI=1S/C34H32N2Si/c1-35(2)25-19-21-33-31(23-25)29-17-11-12-18-30(29)32-24-26(36(3)4)20-22-34(32)37(33,27-13-7-5-8-14-27)28-15-9-6-10-16-28/h5-24H,1-4H3. The summed E-state index contributed by atoms with van der Waals surface area (Å²) >= 11 is 0. The molecule has 0 aromatic heterocycles. The number of hydrogen-bond donors (Lipinski definition) is 0. The fraction of sp³-hybridized carbons (Fsp3) is 0.118. The van der Waals surface area contributed by atoms with Gasteiger partial charge in [0.2, 0.25) is 0 Å². The number of nitrogens with zero attached hydrogens (tertiary/aromatic N) is 2. The molecule has 0 N–H and O–H groups in total. The zero-order chi connectivity index (χ0) is 25.6. The van der Waals surface area contributed by atoms with Crippen LogP contribution >= 0.6 is 0 Å². The Morgan fingerprint density at radius 3 is 1.16 bits per heavy atom. The van der Waals surface area contributed by atoms with Gasteiger partial charge in [0.25, 0.3) is 0 Å². The van der Waals surface area contributed by atoms with E-state index in [9.17, 15) is 0 Å². The molecule has 1 heterocycles. The zero-order valence-corrected chi connectivity index (χ0v) is 22.9. The Bertz CT molecular complexity index is 1450. The molecule has 0 fully saturated rings. The lowest BCUT2D eigenvalue weighted by atomic mass is 9.94. The molecular formula is C34H32N2Si. The maximum atomic E-state index is 2.42. The largest absolute Gasteiger partial charge is 0.378 e. The Kier molecular flexibility index (Phi) is 5.73. The Morgan fingerprint density at radius 2 is 0.784 bits per heavy atom. The van der Waals surface area contributed by atoms with Gasteiger partial charge in [0.1, 0.15) is 0 Å². The maximum absolute atomic E-state index is 2.68. The van der Waals surface area contributed by atoms with Gasteiger partial charge in [-0.3, -0.25) is 0 Å². The van der Waals surface area contributed by atoms with Gasteiger partial charge in [-0.05, 0) is 67.3 Å². The van der Waals surface area contributed by atoms with Gasteiger partial charge in [0, 0.05) is 39.6 Å². The van der Waals surface area contributed by atoms with Crippen molar-refractivity contribution in [2.75, 3.05) is 38.0 Å². The summed E-state index contributed by atoms with van der Waals surface area (Å²) in [5.74, 6) is 0. The average Bonchev–Trinajstić information content (AvgIpc) is 3.05. The van der Waals surface area contributed by atoms with E-state index in [2.05, 4.69) is 159 Å². The molecule has 0 spiro atoms. The molecule has 5 aromatic rings. The predicted molar refractivity (Wildman–Crippen MR) is 163 cm³/mol. The Balaban J connectivity index is 1.87. The van der Waals surface area contributed by atoms with Crippen LogP contribution in [0.3, 0.4) is 0 Å². The average molecular weight is 497 g/mol. The fourth-order valence-corrected chi connectivity index (χ4v) is 11.1. The third-order valence-corrected chi connectivity index (χ3v) is 12.7. The monoisotopic (exact) mass is 496 g/mol. The van der Waals surface area contributed by atoms with Crippen molar-refractivity contribution in [1.82, 2.24) is 0 Å². The summed E-state index contributed by atoms with van der Waals surface area (Å²) in [4.78, 5) is 4.42. The topological polar surface area (TPSA) is 6.48 Å². The van der Waals surface area contributed by atoms with E-state index in [-0.39, 0.29) is 0 Å². The molecule has 0 bridgehead atoms. The number of anilines is 2. The fourth-order valence-electron chi connectivity index (χ4n) is 5.98. The molecule has 0 atom stereocenters. The smallest absolute Gasteiger partial charge is 0.180 e. The molecule has 1 aliphatic heterocycles. The van der Waals surface area contributed by atoms with E-state index in [0.717, 1.165) is 0 Å². The quantitative estimate of drug-likeness (QED) is 0.322. The van der Waals surface area contributed by atoms with Gasteiger partial charge >= 0.3 is 0 Å². The van der Waals surface area contributed by atoms with E-state index < -0.39 is 8.07 Å². The molecule has 3 heteroatoms. The SMILES string of the molecule is CN(C)c1ccc2c(c1)-c1ccccc1-c1cc(N(C)C)ccc1[Si]2(c1ccccc1)c1ccccc1. The third-order valence-electron chi connectivity index (χ3n) is 7.77. The maximum Gasteiger partial charge on any atom is 0.180 e. The molecule has 0 radical (unpaired) electrons. The summed E-state index contributed by atoms with van der Waals surface area (Å²) in [7, 11) is 5.83. The predicted octanol–water partition coefficient (Wildman–Crippen LogP) is 4.84. The molecule has 2 nitrogen and oxygen atoms in total. The van der Waals surface area contributed by atoms with E-state index in [1.165, 1.54) is 54.4 Å². The van der Waals surface area contributed by atoms with Crippen LogP contribution in [-0.2, 0) is 0 Å². The third kappa shape index (κ3) is 3.61. The first-order chi connectivity index (χ1) is 18.0. The molecule has 1 aliphatic rings. The second kappa shape index (κ2) is 9.09. The van der Waals surface area contributed by atoms with Crippen LogP contribution in [0, 0.1) is 0 Å². The van der Waals surface area contributed by atoms with Crippen molar-refractivity contribution in [3.8, 4) is 22.3 Å². The molecule has 0 amide bonds. The Morgan fingerprint density at radius 1 is 0.405 bits per heavy atom. The molecule has 182 valence electrons. The van der Waals surface area contributed by atoms with Crippen LogP contribution < -0.4 is 30.5 Å². The van der Waals surface area contributed by atoms with Crippen molar-refractivity contribution in [2.45, 2.75) is 0 Å². The lowest BCUT2D eigenvalue weighted by Gasteiger charge is -2.36. The molecular weight excluding hydrogens is 464 g/mol. The van der Waals surface area contributed by atoms with E-state index in [0.29, 0.717) is 0 Å². The highest BCUT2D eigenvalue weighted by atomic mass is 28.3. The van der Waals surface area contributed by atoms with Crippen LogP contribution in [0.4, 0.5) is 11.4 Å². The normalized spacial score (nSPS) is 13.1. The lowest BCUT2D eigenvalue weighted by molar-refractivity contribution is 1.13. The van der Waals surface area contributed by atoms with Gasteiger partial charge < -0.3 is 9.80 Å². The van der Waals surface area contributed by atoms with Crippen molar-refractivity contribution in [3.63, 3.8) is 0 Å². The van der Waals surface area contributed by atoms with Gasteiger partial charge in [0.05, 0.1) is 0 Å². The highest BCUT2D eigenvalue weighted by Gasteiger charge is 2.46. The molecule has 0 unspecified atom stereocenters. The van der Waals surface area contributed by atoms with Crippen LogP contribution in [0.5, 0.6) is 0 Å². The van der Waals surface area contributed by atoms with Crippen molar-refractivity contribution in [3.05, 3.63) is 121 Å². The molecule has 0 aliphatic carbocycles. The van der Waals surface area contributed by atoms with Crippen molar-refractivity contribution >= 4 is 40.2 Å². The second-order valence-corrected chi connectivity index (χ2v) is 14.0. The summed E-state index contributed by atoms with van der Waals surface area (Å²) in [5, 5.41) is 5.71. The van der Waals surface area contributed by atoms with Crippen LogP contribution in [0.2, 0.25) is 0 Å². The number of rotatable bonds is 4. The van der Waals surface area contributed by atoms with Crippen LogP contribution in [0.1, 0.15) is 0 Å². The van der Waals surface area contributed by atoms with Crippen molar-refractivity contribution < 1.29 is 0 Å². The van der Waals surface area contributed by atoms with Crippen molar-refractivity contribution in [1.29, 1.82) is 0 Å². The van der Waals surface area contributed by atoms with Gasteiger partial charge in [-0.15, -0.1) is 0 Å². The van der Waals surface area contributed by atoms with E-state index >= 15 is 0 Å². The van der Waals surface area contributed by atoms with Gasteiger partial charge in [0.15, 0.2) is 8.07 Å². The first-order valence-corrected chi connectivity index (χ1v) is 14.9. The minimum absolute atomic E-state index is 1.22. The number of hydrogen-bond acceptors (Lipinski definition) is 2. The summed E-state index contributed by atoms with van der Waals surface area (Å²) in [6.07, 6.45) is 0. The minimum atomic E-state index is -2.68. The van der Waals surface area contributed by atoms with Crippen LogP contribution in [0.15, 0.2) is 121 Å². The summed E-state index contributed by atoms with van der Waals surface area (Å²) in [6.45, 7) is 0. The summed E-state index contributed by atoms with van der Waals surface area (Å²) in [5.41, 5.74) is 7.72. The molecule has 0 saturated carbocycles. The number of fused-ring (bicyclic) bond motifs is 5. The highest BCUT2D eigenvalue weighted by Crippen LogP contribution is 2.38. The highest BCUT2D eigenvalue weighted by molar-refractivity contribution is 7.21. The summed E-state index contributed by atoms with van der Waals surface area (Å²) < 4.78 is 0. The minimum Gasteiger partial charge on any atom is -0.378 e. The first kappa shape index (κ1) is 23.3. The number of benzene rings is 5. The van der Waals surface area contributed by atoms with Gasteiger partial charge in [-0.1, -0.05) is 97.1 Å². The van der Waals surface area contributed by atoms with Crippen LogP contribution in [-0.4, -0.2) is 36.3 Å². The molecule has 5 aromatic carbocycles. The van der Waals surface area contributed by atoms with Crippen molar-refractivity contribution in [2.24, 2.45) is 0 Å². The molecule has 0 saturated heterocycles. The second-order valence-electron chi connectivity index (χ2n) is 10.3. The van der Waals surface area contributed by atoms with E-state index in [4.69, 9.17) is 0 Å². The van der Waals surface area contributed by atoms with Crippen LogP contribution in [0.25, 0.3) is 22.3 Å². The van der Waals surface area contributed by atoms with E-state index in [1.807, 2.05) is 0 Å². The van der Waals surface area contributed by atoms with Gasteiger partial charge in [-0.2, -0.15) is 0 Å². The Labute approximate surface area is 221 Å². The van der Waals surface area contributed by atoms with E-state index in [1.54, 1.807) is 0 Å². The Hall–Kier alpha value is -4.08.